The number of nitro groups is 1. The van der Waals surface area contributed by atoms with Gasteiger partial charge in [-0.05, 0) is 18.4 Å². The Morgan fingerprint density at radius 1 is 1.40 bits per heavy atom. The molecule has 2 aromatic rings. The van der Waals surface area contributed by atoms with Crippen molar-refractivity contribution in [3.8, 4) is 0 Å². The summed E-state index contributed by atoms with van der Waals surface area (Å²) in [6, 6.07) is 7.44. The number of aromatic nitrogens is 2. The molecule has 0 aliphatic carbocycles. The molecular weight excluding hydrogens is 280 g/mol. The number of benzene rings is 1. The number of rotatable bonds is 5. The van der Waals surface area contributed by atoms with E-state index in [-0.39, 0.29) is 17.5 Å². The predicted octanol–water partition coefficient (Wildman–Crippen LogP) is 2.14. The Kier molecular flexibility index (Phi) is 4.33. The van der Waals surface area contributed by atoms with E-state index in [0.717, 1.165) is 16.8 Å². The number of thioether (sulfide) groups is 1. The molecule has 0 fully saturated rings. The number of hydrazine groups is 1. The fourth-order valence-corrected chi connectivity index (χ4v) is 2.10. The van der Waals surface area contributed by atoms with Gasteiger partial charge in [0.2, 0.25) is 11.8 Å². The highest BCUT2D eigenvalue weighted by Crippen LogP contribution is 2.30. The van der Waals surface area contributed by atoms with E-state index in [1.807, 2.05) is 30.5 Å². The van der Waals surface area contributed by atoms with Crippen LogP contribution in [0.4, 0.5) is 23.1 Å². The molecule has 0 amide bonds. The van der Waals surface area contributed by atoms with E-state index in [0.29, 0.717) is 0 Å². The standard InChI is InChI=1S/C11H12N6O2S/c1-20-9-5-3-2-4-7(9)14-10-8(17(18)19)6-13-11(15-10)16-12/h2-6H,12H2,1H3,(H2,13,14,15,16). The van der Waals surface area contributed by atoms with Gasteiger partial charge in [0, 0.05) is 4.90 Å². The van der Waals surface area contributed by atoms with E-state index in [9.17, 15) is 10.1 Å². The maximum Gasteiger partial charge on any atom is 0.329 e. The molecule has 0 saturated carbocycles. The lowest BCUT2D eigenvalue weighted by atomic mass is 10.3. The summed E-state index contributed by atoms with van der Waals surface area (Å²) in [6.45, 7) is 0. The average Bonchev–Trinajstić information content (AvgIpc) is 2.47. The van der Waals surface area contributed by atoms with Gasteiger partial charge >= 0.3 is 5.69 Å². The number of hydrogen-bond donors (Lipinski definition) is 3. The van der Waals surface area contributed by atoms with E-state index < -0.39 is 4.92 Å². The minimum atomic E-state index is -0.551. The molecule has 0 saturated heterocycles. The summed E-state index contributed by atoms with van der Waals surface area (Å²) >= 11 is 1.52. The normalized spacial score (nSPS) is 10.1. The van der Waals surface area contributed by atoms with Crippen LogP contribution in [0.5, 0.6) is 0 Å². The fraction of sp³-hybridized carbons (Fsp3) is 0.0909. The second-order valence-corrected chi connectivity index (χ2v) is 4.50. The van der Waals surface area contributed by atoms with Crippen LogP contribution in [-0.2, 0) is 0 Å². The van der Waals surface area contributed by atoms with Crippen molar-refractivity contribution in [2.45, 2.75) is 4.90 Å². The highest BCUT2D eigenvalue weighted by atomic mass is 32.2. The van der Waals surface area contributed by atoms with Crippen molar-refractivity contribution in [2.24, 2.45) is 5.84 Å². The molecule has 2 rings (SSSR count). The van der Waals surface area contributed by atoms with Crippen LogP contribution in [0, 0.1) is 10.1 Å². The summed E-state index contributed by atoms with van der Waals surface area (Å²) in [5.41, 5.74) is 2.76. The molecular formula is C11H12N6O2S. The van der Waals surface area contributed by atoms with Crippen LogP contribution < -0.4 is 16.6 Å². The summed E-state index contributed by atoms with van der Waals surface area (Å²) in [6.07, 6.45) is 3.02. The summed E-state index contributed by atoms with van der Waals surface area (Å²) < 4.78 is 0. The van der Waals surface area contributed by atoms with Crippen LogP contribution in [0.25, 0.3) is 0 Å². The maximum atomic E-state index is 11.0. The van der Waals surface area contributed by atoms with Crippen LogP contribution >= 0.6 is 11.8 Å². The second kappa shape index (κ2) is 6.17. The third-order valence-corrected chi connectivity index (χ3v) is 3.25. The topological polar surface area (TPSA) is 119 Å². The highest BCUT2D eigenvalue weighted by Gasteiger charge is 2.18. The fourth-order valence-electron chi connectivity index (χ4n) is 1.55. The van der Waals surface area contributed by atoms with Crippen molar-refractivity contribution in [2.75, 3.05) is 17.0 Å². The number of nitrogens with one attached hydrogen (secondary N) is 2. The molecule has 1 heterocycles. The van der Waals surface area contributed by atoms with E-state index >= 15 is 0 Å². The summed E-state index contributed by atoms with van der Waals surface area (Å²) in [4.78, 5) is 19.1. The molecule has 0 atom stereocenters. The van der Waals surface area contributed by atoms with Crippen LogP contribution in [-0.4, -0.2) is 21.1 Å². The Balaban J connectivity index is 2.43. The predicted molar refractivity (Wildman–Crippen MR) is 78.0 cm³/mol. The van der Waals surface area contributed by atoms with Gasteiger partial charge in [0.15, 0.2) is 0 Å². The molecule has 9 heteroatoms. The molecule has 0 spiro atoms. The minimum absolute atomic E-state index is 0.0828. The van der Waals surface area contributed by atoms with E-state index in [1.54, 1.807) is 0 Å². The third kappa shape index (κ3) is 2.95. The number of nitrogens with two attached hydrogens (primary N) is 1. The lowest BCUT2D eigenvalue weighted by Gasteiger charge is -2.10. The lowest BCUT2D eigenvalue weighted by molar-refractivity contribution is -0.384. The van der Waals surface area contributed by atoms with Crippen LogP contribution in [0.15, 0.2) is 35.4 Å². The van der Waals surface area contributed by atoms with Crippen molar-refractivity contribution in [1.29, 1.82) is 0 Å². The molecule has 1 aromatic heterocycles. The number of nitrogens with zero attached hydrogens (tertiary/aromatic N) is 3. The zero-order valence-corrected chi connectivity index (χ0v) is 11.3. The Bertz CT molecular complexity index is 636. The smallest absolute Gasteiger partial charge is 0.329 e. The van der Waals surface area contributed by atoms with Gasteiger partial charge in [-0.2, -0.15) is 4.98 Å². The molecule has 0 aliphatic heterocycles. The highest BCUT2D eigenvalue weighted by molar-refractivity contribution is 7.98. The third-order valence-electron chi connectivity index (χ3n) is 2.46. The number of para-hydroxylation sites is 1. The van der Waals surface area contributed by atoms with Gasteiger partial charge in [-0.25, -0.2) is 10.8 Å². The minimum Gasteiger partial charge on any atom is -0.333 e. The molecule has 20 heavy (non-hydrogen) atoms. The molecule has 1 aromatic carbocycles. The largest absolute Gasteiger partial charge is 0.333 e. The first-order valence-corrected chi connectivity index (χ1v) is 6.76. The van der Waals surface area contributed by atoms with Crippen molar-refractivity contribution in [1.82, 2.24) is 9.97 Å². The average molecular weight is 292 g/mol. The zero-order chi connectivity index (χ0) is 14.5. The van der Waals surface area contributed by atoms with Crippen molar-refractivity contribution in [3.05, 3.63) is 40.6 Å². The van der Waals surface area contributed by atoms with E-state index in [2.05, 4.69) is 20.7 Å². The number of anilines is 3. The zero-order valence-electron chi connectivity index (χ0n) is 10.5. The summed E-state index contributed by atoms with van der Waals surface area (Å²) in [7, 11) is 0. The quantitative estimate of drug-likeness (QED) is 0.332. The number of nitrogen functional groups attached to an aromatic ring is 1. The molecule has 104 valence electrons. The van der Waals surface area contributed by atoms with Crippen LogP contribution in [0.2, 0.25) is 0 Å². The first-order valence-electron chi connectivity index (χ1n) is 5.53. The van der Waals surface area contributed by atoms with Gasteiger partial charge in [0.05, 0.1) is 10.6 Å². The van der Waals surface area contributed by atoms with E-state index in [4.69, 9.17) is 5.84 Å². The first-order chi connectivity index (χ1) is 9.65. The van der Waals surface area contributed by atoms with E-state index in [1.165, 1.54) is 11.8 Å². The molecule has 0 aliphatic rings. The van der Waals surface area contributed by atoms with Gasteiger partial charge in [-0.15, -0.1) is 11.8 Å². The van der Waals surface area contributed by atoms with Gasteiger partial charge in [0.25, 0.3) is 0 Å². The Hall–Kier alpha value is -2.39. The van der Waals surface area contributed by atoms with Gasteiger partial charge in [-0.3, -0.25) is 15.5 Å². The molecule has 0 bridgehead atoms. The molecule has 0 radical (unpaired) electrons. The molecule has 4 N–H and O–H groups in total. The summed E-state index contributed by atoms with van der Waals surface area (Å²) in [5.74, 6) is 5.40. The molecule has 0 unspecified atom stereocenters. The Labute approximate surface area is 118 Å². The van der Waals surface area contributed by atoms with Crippen LogP contribution in [0.3, 0.4) is 0 Å². The maximum absolute atomic E-state index is 11.0. The second-order valence-electron chi connectivity index (χ2n) is 3.65. The summed E-state index contributed by atoms with van der Waals surface area (Å²) in [5, 5.41) is 13.9. The SMILES string of the molecule is CSc1ccccc1Nc1nc(NN)ncc1[N+](=O)[O-]. The van der Waals surface area contributed by atoms with Crippen LogP contribution in [0.1, 0.15) is 0 Å². The van der Waals surface area contributed by atoms with Crippen molar-refractivity contribution < 1.29 is 4.92 Å². The number of hydrogen-bond acceptors (Lipinski definition) is 8. The molecule has 8 nitrogen and oxygen atoms in total. The van der Waals surface area contributed by atoms with Crippen molar-refractivity contribution in [3.63, 3.8) is 0 Å². The Morgan fingerprint density at radius 2 is 2.15 bits per heavy atom. The lowest BCUT2D eigenvalue weighted by Crippen LogP contribution is -2.12. The van der Waals surface area contributed by atoms with Crippen molar-refractivity contribution >= 4 is 34.9 Å². The van der Waals surface area contributed by atoms with Gasteiger partial charge in [-0.1, -0.05) is 12.1 Å². The van der Waals surface area contributed by atoms with Gasteiger partial charge < -0.3 is 5.32 Å². The Morgan fingerprint density at radius 3 is 2.80 bits per heavy atom. The monoisotopic (exact) mass is 292 g/mol. The first kappa shape index (κ1) is 14.0. The van der Waals surface area contributed by atoms with Gasteiger partial charge in [0.1, 0.15) is 6.20 Å².